The average molecular weight is 716 g/mol. The van der Waals surface area contributed by atoms with E-state index in [2.05, 4.69) is 4.98 Å². The van der Waals surface area contributed by atoms with Crippen LogP contribution >= 0.6 is 0 Å². The van der Waals surface area contributed by atoms with Gasteiger partial charge in [-0.15, -0.1) is 0 Å². The molecule has 0 unspecified atom stereocenters. The summed E-state index contributed by atoms with van der Waals surface area (Å²) in [6, 6.07) is 3.45. The van der Waals surface area contributed by atoms with E-state index in [-0.39, 0.29) is 36.0 Å². The molecular formula is C38H53NO12. The zero-order chi connectivity index (χ0) is 37.2. The lowest BCUT2D eigenvalue weighted by Gasteiger charge is -2.36. The van der Waals surface area contributed by atoms with Gasteiger partial charge in [0.05, 0.1) is 31.3 Å². The highest BCUT2D eigenvalue weighted by Crippen LogP contribution is 2.42. The van der Waals surface area contributed by atoms with Crippen molar-refractivity contribution >= 4 is 12.0 Å². The lowest BCUT2D eigenvalue weighted by molar-refractivity contribution is -0.218. The van der Waals surface area contributed by atoms with Crippen molar-refractivity contribution < 1.29 is 58.8 Å². The summed E-state index contributed by atoms with van der Waals surface area (Å²) in [6.07, 6.45) is 5.23. The maximum atomic E-state index is 13.4. The smallest absolute Gasteiger partial charge is 0.342 e. The Hall–Kier alpha value is -3.40. The van der Waals surface area contributed by atoms with Gasteiger partial charge in [0, 0.05) is 25.0 Å². The van der Waals surface area contributed by atoms with Crippen LogP contribution in [-0.2, 0) is 31.8 Å². The van der Waals surface area contributed by atoms with Gasteiger partial charge in [0.2, 0.25) is 0 Å². The number of fused-ring (bicyclic) bond motifs is 1. The molecule has 0 saturated carbocycles. The molecule has 11 atom stereocenters. The first-order chi connectivity index (χ1) is 24.4. The van der Waals surface area contributed by atoms with Crippen LogP contribution in [0.15, 0.2) is 53.2 Å². The van der Waals surface area contributed by atoms with Crippen LogP contribution in [0, 0.1) is 11.8 Å². The highest BCUT2D eigenvalue weighted by atomic mass is 16.7. The molecule has 0 radical (unpaired) electrons. The van der Waals surface area contributed by atoms with E-state index >= 15 is 0 Å². The third-order valence-corrected chi connectivity index (χ3v) is 9.72. The van der Waals surface area contributed by atoms with E-state index < -0.39 is 67.7 Å². The van der Waals surface area contributed by atoms with Crippen LogP contribution in [0.25, 0.3) is 6.08 Å². The summed E-state index contributed by atoms with van der Waals surface area (Å²) in [5.41, 5.74) is 1.50. The Kier molecular flexibility index (Phi) is 15.0. The number of oxazole rings is 1. The third kappa shape index (κ3) is 10.1. The van der Waals surface area contributed by atoms with Gasteiger partial charge in [-0.05, 0) is 30.4 Å². The number of benzene rings is 1. The van der Waals surface area contributed by atoms with E-state index in [4.69, 9.17) is 23.4 Å². The molecular weight excluding hydrogens is 662 g/mol. The summed E-state index contributed by atoms with van der Waals surface area (Å²) in [5, 5.41) is 62.1. The largest absolute Gasteiger partial charge is 0.507 e. The maximum absolute atomic E-state index is 13.4. The molecule has 1 fully saturated rings. The Balaban J connectivity index is 1.45. The Morgan fingerprint density at radius 3 is 2.39 bits per heavy atom. The third-order valence-electron chi connectivity index (χ3n) is 9.72. The second-order valence-electron chi connectivity index (χ2n) is 13.4. The lowest BCUT2D eigenvalue weighted by atomic mass is 9.88. The number of hydrogen-bond acceptors (Lipinski definition) is 13. The zero-order valence-electron chi connectivity index (χ0n) is 29.9. The molecule has 282 valence electrons. The van der Waals surface area contributed by atoms with Crippen molar-refractivity contribution in [2.75, 3.05) is 13.7 Å². The predicted molar refractivity (Wildman–Crippen MR) is 186 cm³/mol. The number of allylic oxidation sites excluding steroid dienone is 4. The van der Waals surface area contributed by atoms with Crippen LogP contribution in [0.2, 0.25) is 0 Å². The fraction of sp³-hybridized carbons (Fsp3) is 0.579. The summed E-state index contributed by atoms with van der Waals surface area (Å²) in [7, 11) is 1.51. The number of phenols is 1. The summed E-state index contributed by atoms with van der Waals surface area (Å²) in [5.74, 6) is -0.579. The number of aromatic nitrogens is 1. The Morgan fingerprint density at radius 2 is 1.73 bits per heavy atom. The van der Waals surface area contributed by atoms with E-state index in [1.165, 1.54) is 13.4 Å². The van der Waals surface area contributed by atoms with Gasteiger partial charge in [0.1, 0.15) is 53.8 Å². The number of phenolic OH excluding ortho intramolecular Hbond substituents is 1. The highest BCUT2D eigenvalue weighted by molar-refractivity contribution is 5.96. The van der Waals surface area contributed by atoms with Crippen LogP contribution in [0.4, 0.5) is 0 Å². The molecule has 3 heterocycles. The zero-order valence-corrected chi connectivity index (χ0v) is 29.9. The van der Waals surface area contributed by atoms with Crippen LogP contribution in [0.1, 0.15) is 86.1 Å². The molecule has 0 spiro atoms. The molecule has 6 N–H and O–H groups in total. The number of carbonyl (C=O) groups excluding carboxylic acids is 1. The van der Waals surface area contributed by atoms with Crippen molar-refractivity contribution in [3.8, 4) is 5.75 Å². The fourth-order valence-electron chi connectivity index (χ4n) is 6.14. The molecule has 4 rings (SSSR count). The number of cyclic esters (lactones) is 1. The topological polar surface area (TPSA) is 201 Å². The number of carbonyl (C=O) groups is 1. The first kappa shape index (κ1) is 40.4. The Bertz CT molecular complexity index is 1500. The molecule has 13 nitrogen and oxygen atoms in total. The minimum Gasteiger partial charge on any atom is -0.507 e. The number of aliphatic hydroxyl groups excluding tert-OH is 5. The van der Waals surface area contributed by atoms with Crippen LogP contribution in [-0.4, -0.2) is 104 Å². The second-order valence-corrected chi connectivity index (χ2v) is 13.4. The minimum absolute atomic E-state index is 0.0247. The van der Waals surface area contributed by atoms with Crippen LogP contribution in [0.5, 0.6) is 5.75 Å². The molecule has 0 bridgehead atoms. The quantitative estimate of drug-likeness (QED) is 0.0968. The number of rotatable bonds is 18. The number of ether oxygens (including phenoxy) is 4. The first-order valence-electron chi connectivity index (χ1n) is 17.6. The average Bonchev–Trinajstić information content (AvgIpc) is 3.68. The normalized spacial score (nSPS) is 26.8. The second kappa shape index (κ2) is 18.9. The van der Waals surface area contributed by atoms with Crippen molar-refractivity contribution in [1.82, 2.24) is 4.98 Å². The summed E-state index contributed by atoms with van der Waals surface area (Å²) in [6.45, 7) is 7.20. The monoisotopic (exact) mass is 715 g/mol. The molecule has 51 heavy (non-hydrogen) atoms. The maximum Gasteiger partial charge on any atom is 0.342 e. The number of aliphatic hydroxyl groups is 5. The van der Waals surface area contributed by atoms with Gasteiger partial charge < -0.3 is 54.0 Å². The Labute approximate surface area is 298 Å². The standard InChI is InChI=1S/C38H53NO12/c1-6-21(3)16-23-14-15-26-32(33(23)43)37(46)49-29(36(26)51-38-35(45)34(44)30(19-40)50-38)17-25(47-5)13-11-9-8-10-12-24-20-48-31(39-24)18-28(42)22(4)27(41)7-2/h8-15,20-22,25,27-30,34-36,38,40-45H,6-7,16-19H2,1-5H3/b9-8-,12-10+,13-11-/t21-,22+,25-,27+,28-,29+,30+,34+,35-,36+,38+/m0/s1. The number of hydrogen-bond donors (Lipinski definition) is 6. The fourth-order valence-corrected chi connectivity index (χ4v) is 6.14. The number of nitrogens with zero attached hydrogens (tertiary/aromatic N) is 1. The summed E-state index contributed by atoms with van der Waals surface area (Å²) >= 11 is 0. The van der Waals surface area contributed by atoms with E-state index in [0.29, 0.717) is 35.6 Å². The van der Waals surface area contributed by atoms with Crippen molar-refractivity contribution in [3.05, 3.63) is 77.1 Å². The summed E-state index contributed by atoms with van der Waals surface area (Å²) < 4.78 is 28.7. The van der Waals surface area contributed by atoms with Crippen molar-refractivity contribution in [2.45, 2.75) is 115 Å². The van der Waals surface area contributed by atoms with Gasteiger partial charge in [-0.2, -0.15) is 0 Å². The molecule has 1 aromatic heterocycles. The Morgan fingerprint density at radius 1 is 0.980 bits per heavy atom. The van der Waals surface area contributed by atoms with Gasteiger partial charge >= 0.3 is 5.97 Å². The molecule has 1 saturated heterocycles. The number of methoxy groups -OCH3 is 1. The molecule has 2 aromatic rings. The number of esters is 1. The van der Waals surface area contributed by atoms with Crippen LogP contribution < -0.4 is 0 Å². The number of aromatic hydroxyl groups is 1. The minimum atomic E-state index is -1.47. The van der Waals surface area contributed by atoms with Crippen molar-refractivity contribution in [3.63, 3.8) is 0 Å². The van der Waals surface area contributed by atoms with Gasteiger partial charge in [-0.3, -0.25) is 0 Å². The van der Waals surface area contributed by atoms with Gasteiger partial charge in [0.25, 0.3) is 0 Å². The van der Waals surface area contributed by atoms with Gasteiger partial charge in [0.15, 0.2) is 12.2 Å². The molecule has 0 amide bonds. The van der Waals surface area contributed by atoms with Gasteiger partial charge in [-0.25, -0.2) is 9.78 Å². The molecule has 1 aromatic carbocycles. The molecule has 13 heteroatoms. The molecule has 2 aliphatic rings. The first-order valence-corrected chi connectivity index (χ1v) is 17.6. The van der Waals surface area contributed by atoms with E-state index in [1.54, 1.807) is 55.5 Å². The van der Waals surface area contributed by atoms with E-state index in [1.807, 2.05) is 20.8 Å². The van der Waals surface area contributed by atoms with E-state index in [9.17, 15) is 35.4 Å². The van der Waals surface area contributed by atoms with Crippen molar-refractivity contribution in [1.29, 1.82) is 0 Å². The highest BCUT2D eigenvalue weighted by Gasteiger charge is 2.48. The lowest BCUT2D eigenvalue weighted by Crippen LogP contribution is -2.41. The van der Waals surface area contributed by atoms with E-state index in [0.717, 1.165) is 6.42 Å². The molecule has 0 aliphatic carbocycles. The predicted octanol–water partition coefficient (Wildman–Crippen LogP) is 3.55. The summed E-state index contributed by atoms with van der Waals surface area (Å²) in [4.78, 5) is 17.7. The SMILES string of the molecule is CC[C@H](C)Cc1ccc2c(c1O)C(=O)O[C@H](C[C@H](\C=C/C=C\C=C\c1coc(C[C@H](O)[C@H](C)[C@H](O)CC)n1)OC)[C@@H]2O[C@H]1O[C@H](CO)[C@@H](O)[C@@H]1O. The molecule has 2 aliphatic heterocycles. The van der Waals surface area contributed by atoms with Crippen LogP contribution in [0.3, 0.4) is 0 Å². The van der Waals surface area contributed by atoms with Crippen molar-refractivity contribution in [2.24, 2.45) is 11.8 Å². The van der Waals surface area contributed by atoms with Gasteiger partial charge in [-0.1, -0.05) is 76.6 Å².